The van der Waals surface area contributed by atoms with E-state index in [1.165, 1.54) is 4.31 Å². The molecule has 1 aliphatic rings. The summed E-state index contributed by atoms with van der Waals surface area (Å²) in [6, 6.07) is 8.40. The molecule has 1 fully saturated rings. The largest absolute Gasteiger partial charge is 0.461 e. The van der Waals surface area contributed by atoms with Gasteiger partial charge in [0.15, 0.2) is 0 Å². The highest BCUT2D eigenvalue weighted by atomic mass is 32.2. The maximum absolute atomic E-state index is 13.4. The van der Waals surface area contributed by atoms with Crippen molar-refractivity contribution in [1.29, 1.82) is 0 Å². The second-order valence-corrected chi connectivity index (χ2v) is 9.13. The number of carbonyl (C=O) groups is 1. The van der Waals surface area contributed by atoms with E-state index in [2.05, 4.69) is 4.98 Å². The van der Waals surface area contributed by atoms with Gasteiger partial charge in [-0.25, -0.2) is 13.2 Å². The Kier molecular flexibility index (Phi) is 6.77. The average molecular weight is 421 g/mol. The number of benzene rings is 1. The lowest BCUT2D eigenvalue weighted by Gasteiger charge is -2.25. The van der Waals surface area contributed by atoms with Crippen LogP contribution >= 0.6 is 0 Å². The summed E-state index contributed by atoms with van der Waals surface area (Å²) in [4.78, 5) is 15.5. The van der Waals surface area contributed by atoms with Crippen molar-refractivity contribution in [3.05, 3.63) is 52.8 Å². The molecule has 1 aromatic carbocycles. The molecule has 1 atom stereocenters. The van der Waals surface area contributed by atoms with Crippen LogP contribution in [0.2, 0.25) is 0 Å². The minimum atomic E-state index is -3.72. The first-order valence-electron chi connectivity index (χ1n) is 9.86. The van der Waals surface area contributed by atoms with Crippen LogP contribution in [-0.4, -0.2) is 49.5 Å². The van der Waals surface area contributed by atoms with Gasteiger partial charge >= 0.3 is 5.97 Å². The molecular formula is C21H28N2O5S. The molecule has 1 aromatic heterocycles. The Balaban J connectivity index is 1.94. The van der Waals surface area contributed by atoms with Crippen LogP contribution in [0.15, 0.2) is 35.2 Å². The molecule has 1 saturated heterocycles. The van der Waals surface area contributed by atoms with Crippen LogP contribution in [0, 0.1) is 13.8 Å². The lowest BCUT2D eigenvalue weighted by Crippen LogP contribution is -2.37. The molecule has 0 spiro atoms. The normalized spacial score (nSPS) is 17.0. The summed E-state index contributed by atoms with van der Waals surface area (Å²) < 4.78 is 39.0. The molecular weight excluding hydrogens is 392 g/mol. The molecule has 0 aliphatic carbocycles. The topological polar surface area (TPSA) is 88.7 Å². The molecule has 0 radical (unpaired) electrons. The van der Waals surface area contributed by atoms with Crippen LogP contribution in [0.1, 0.15) is 47.1 Å². The molecule has 0 amide bonds. The number of ether oxygens (including phenoxy) is 2. The molecule has 7 nitrogen and oxygen atoms in total. The second-order valence-electron chi connectivity index (χ2n) is 7.19. The van der Waals surface area contributed by atoms with Gasteiger partial charge < -0.3 is 14.5 Å². The van der Waals surface area contributed by atoms with E-state index < -0.39 is 16.0 Å². The third kappa shape index (κ3) is 4.71. The molecule has 158 valence electrons. The number of rotatable bonds is 8. The van der Waals surface area contributed by atoms with Crippen molar-refractivity contribution in [2.45, 2.75) is 51.2 Å². The molecule has 0 bridgehead atoms. The Morgan fingerprint density at radius 2 is 2.00 bits per heavy atom. The van der Waals surface area contributed by atoms with Gasteiger partial charge in [0.2, 0.25) is 10.0 Å². The van der Waals surface area contributed by atoms with Crippen molar-refractivity contribution in [3.63, 3.8) is 0 Å². The highest BCUT2D eigenvalue weighted by Crippen LogP contribution is 2.26. The smallest absolute Gasteiger partial charge is 0.355 e. The zero-order chi connectivity index (χ0) is 21.0. The van der Waals surface area contributed by atoms with Crippen LogP contribution in [0.4, 0.5) is 0 Å². The van der Waals surface area contributed by atoms with Gasteiger partial charge in [-0.2, -0.15) is 4.31 Å². The van der Waals surface area contributed by atoms with Crippen LogP contribution in [0.25, 0.3) is 0 Å². The van der Waals surface area contributed by atoms with Crippen LogP contribution < -0.4 is 0 Å². The number of nitrogens with one attached hydrogen (secondary N) is 1. The first-order valence-corrected chi connectivity index (χ1v) is 11.3. The van der Waals surface area contributed by atoms with Crippen molar-refractivity contribution in [1.82, 2.24) is 9.29 Å². The summed E-state index contributed by atoms with van der Waals surface area (Å²) in [7, 11) is -3.72. The molecule has 2 aromatic rings. The second kappa shape index (κ2) is 9.11. The van der Waals surface area contributed by atoms with Gasteiger partial charge in [0.1, 0.15) is 5.69 Å². The average Bonchev–Trinajstić information content (AvgIpc) is 3.31. The number of aromatic nitrogens is 1. The fourth-order valence-corrected chi connectivity index (χ4v) is 5.08. The predicted octanol–water partition coefficient (Wildman–Crippen LogP) is 3.18. The third-order valence-electron chi connectivity index (χ3n) is 5.22. The molecule has 3 rings (SSSR count). The number of hydrogen-bond donors (Lipinski definition) is 1. The Morgan fingerprint density at radius 1 is 1.28 bits per heavy atom. The lowest BCUT2D eigenvalue weighted by molar-refractivity contribution is 0.0519. The first kappa shape index (κ1) is 21.5. The number of aromatic amines is 1. The molecule has 0 saturated carbocycles. The zero-order valence-electron chi connectivity index (χ0n) is 17.1. The number of H-pyrrole nitrogens is 1. The Morgan fingerprint density at radius 3 is 2.62 bits per heavy atom. The number of aryl methyl sites for hydroxylation is 1. The van der Waals surface area contributed by atoms with Gasteiger partial charge in [-0.15, -0.1) is 0 Å². The van der Waals surface area contributed by atoms with Gasteiger partial charge in [0.05, 0.1) is 17.6 Å². The fourth-order valence-electron chi connectivity index (χ4n) is 3.61. The van der Waals surface area contributed by atoms with Crippen molar-refractivity contribution >= 4 is 16.0 Å². The summed E-state index contributed by atoms with van der Waals surface area (Å²) >= 11 is 0. The van der Waals surface area contributed by atoms with Gasteiger partial charge in [-0.3, -0.25) is 0 Å². The van der Waals surface area contributed by atoms with Crippen LogP contribution in [0.5, 0.6) is 0 Å². The van der Waals surface area contributed by atoms with E-state index in [1.54, 1.807) is 37.3 Å². The number of hydrogen-bond acceptors (Lipinski definition) is 5. The Labute approximate surface area is 172 Å². The highest BCUT2D eigenvalue weighted by molar-refractivity contribution is 7.89. The fraction of sp³-hybridized carbons (Fsp3) is 0.476. The molecule has 8 heteroatoms. The molecule has 1 N–H and O–H groups in total. The minimum absolute atomic E-state index is 0.127. The van der Waals surface area contributed by atoms with Gasteiger partial charge in [0.25, 0.3) is 0 Å². The number of carbonyl (C=O) groups excluding carboxylic acids is 1. The monoisotopic (exact) mass is 420 g/mol. The third-order valence-corrected chi connectivity index (χ3v) is 7.04. The number of sulfonamides is 1. The van der Waals surface area contributed by atoms with E-state index in [4.69, 9.17) is 9.47 Å². The summed E-state index contributed by atoms with van der Waals surface area (Å²) in [5.41, 5.74) is 2.62. The van der Waals surface area contributed by atoms with E-state index >= 15 is 0 Å². The minimum Gasteiger partial charge on any atom is -0.461 e. The van der Waals surface area contributed by atoms with Gasteiger partial charge in [-0.1, -0.05) is 18.2 Å². The number of nitrogens with zero attached hydrogens (tertiary/aromatic N) is 1. The van der Waals surface area contributed by atoms with E-state index in [-0.39, 0.29) is 30.7 Å². The molecule has 29 heavy (non-hydrogen) atoms. The van der Waals surface area contributed by atoms with Gasteiger partial charge in [-0.05, 0) is 56.9 Å². The Hall–Kier alpha value is -2.16. The summed E-state index contributed by atoms with van der Waals surface area (Å²) in [6.07, 6.45) is 1.64. The highest BCUT2D eigenvalue weighted by Gasteiger charge is 2.31. The summed E-state index contributed by atoms with van der Waals surface area (Å²) in [5.74, 6) is -0.434. The standard InChI is InChI=1S/C21H28N2O5S/c1-4-27-21(24)20-15(2)19(16(3)22-20)14-23(13-17-9-8-12-28-17)29(25,26)18-10-6-5-7-11-18/h5-7,10-11,17,22H,4,8-9,12-14H2,1-3H3/t17-/m0/s1. The van der Waals surface area contributed by atoms with Crippen molar-refractivity contribution < 1.29 is 22.7 Å². The van der Waals surface area contributed by atoms with E-state index in [1.807, 2.05) is 13.8 Å². The summed E-state index contributed by atoms with van der Waals surface area (Å²) in [5, 5.41) is 0. The van der Waals surface area contributed by atoms with Gasteiger partial charge in [0, 0.05) is 25.4 Å². The van der Waals surface area contributed by atoms with E-state index in [9.17, 15) is 13.2 Å². The maximum Gasteiger partial charge on any atom is 0.355 e. The maximum atomic E-state index is 13.4. The SMILES string of the molecule is CCOC(=O)c1[nH]c(C)c(CN(C[C@@H]2CCCO2)S(=O)(=O)c2ccccc2)c1C. The van der Waals surface area contributed by atoms with Crippen LogP contribution in [0.3, 0.4) is 0 Å². The van der Waals surface area contributed by atoms with E-state index in [0.29, 0.717) is 17.9 Å². The Bertz CT molecular complexity index is 947. The molecule has 1 aliphatic heterocycles. The van der Waals surface area contributed by atoms with Crippen molar-refractivity contribution in [2.75, 3.05) is 19.8 Å². The quantitative estimate of drug-likeness (QED) is 0.663. The molecule has 0 unspecified atom stereocenters. The van der Waals surface area contributed by atoms with Crippen LogP contribution in [-0.2, 0) is 26.0 Å². The summed E-state index contributed by atoms with van der Waals surface area (Å²) in [6.45, 7) is 6.76. The van der Waals surface area contributed by atoms with Crippen molar-refractivity contribution in [2.24, 2.45) is 0 Å². The zero-order valence-corrected chi connectivity index (χ0v) is 17.9. The van der Waals surface area contributed by atoms with Crippen molar-refractivity contribution in [3.8, 4) is 0 Å². The first-order chi connectivity index (χ1) is 13.8. The number of esters is 1. The molecule has 2 heterocycles. The van der Waals surface area contributed by atoms with E-state index in [0.717, 1.165) is 24.1 Å². The predicted molar refractivity (Wildman–Crippen MR) is 109 cm³/mol. The lowest BCUT2D eigenvalue weighted by atomic mass is 10.1.